The van der Waals surface area contributed by atoms with Gasteiger partial charge in [-0.3, -0.25) is 0 Å². The summed E-state index contributed by atoms with van der Waals surface area (Å²) in [6.07, 6.45) is 3.67. The zero-order valence-corrected chi connectivity index (χ0v) is 12.0. The van der Waals surface area contributed by atoms with Crippen LogP contribution in [0.2, 0.25) is 0 Å². The largest absolute Gasteiger partial charge is 0.494 e. The van der Waals surface area contributed by atoms with Gasteiger partial charge in [0.05, 0.1) is 6.61 Å². The molecule has 1 aromatic heterocycles. The summed E-state index contributed by atoms with van der Waals surface area (Å²) in [5.74, 6) is 0.981. The van der Waals surface area contributed by atoms with Gasteiger partial charge in [0.25, 0.3) is 0 Å². The van der Waals surface area contributed by atoms with Gasteiger partial charge < -0.3 is 14.6 Å². The lowest BCUT2D eigenvalue weighted by Crippen LogP contribution is -2.23. The lowest BCUT2D eigenvalue weighted by molar-refractivity contribution is 0.340. The number of fused-ring (bicyclic) bond motifs is 3. The number of hydrogen-bond acceptors (Lipinski definition) is 2. The minimum atomic E-state index is 0.483. The number of benzene rings is 1. The molecule has 1 aliphatic rings. The van der Waals surface area contributed by atoms with Crippen molar-refractivity contribution >= 4 is 10.9 Å². The van der Waals surface area contributed by atoms with Crippen LogP contribution in [0.3, 0.4) is 0 Å². The quantitative estimate of drug-likeness (QED) is 0.915. The summed E-state index contributed by atoms with van der Waals surface area (Å²) in [6.45, 7) is 2.75. The molecule has 0 aliphatic heterocycles. The molecule has 0 amide bonds. The molecular weight excluding hydrogens is 236 g/mol. The summed E-state index contributed by atoms with van der Waals surface area (Å²) in [5, 5.41) is 4.81. The molecule has 0 spiro atoms. The van der Waals surface area contributed by atoms with Gasteiger partial charge in [0.2, 0.25) is 0 Å². The second-order valence-electron chi connectivity index (χ2n) is 5.27. The molecule has 3 heteroatoms. The Kier molecular flexibility index (Phi) is 3.23. The smallest absolute Gasteiger partial charge is 0.120 e. The van der Waals surface area contributed by atoms with Gasteiger partial charge in [-0.1, -0.05) is 0 Å². The molecule has 1 atom stereocenters. The van der Waals surface area contributed by atoms with E-state index in [4.69, 9.17) is 4.74 Å². The van der Waals surface area contributed by atoms with E-state index in [1.54, 1.807) is 0 Å². The summed E-state index contributed by atoms with van der Waals surface area (Å²) < 4.78 is 7.99. The molecule has 0 radical (unpaired) electrons. The molecule has 3 nitrogen and oxygen atoms in total. The number of hydrogen-bond donors (Lipinski definition) is 1. The maximum absolute atomic E-state index is 5.64. The number of aromatic nitrogens is 1. The predicted octanol–water partition coefficient (Wildman–Crippen LogP) is 3.17. The molecule has 1 heterocycles. The summed E-state index contributed by atoms with van der Waals surface area (Å²) in [5.41, 5.74) is 4.28. The zero-order chi connectivity index (χ0) is 13.4. The minimum Gasteiger partial charge on any atom is -0.494 e. The monoisotopic (exact) mass is 258 g/mol. The van der Waals surface area contributed by atoms with Crippen molar-refractivity contribution < 1.29 is 4.74 Å². The van der Waals surface area contributed by atoms with Gasteiger partial charge in [-0.25, -0.2) is 0 Å². The molecule has 0 saturated heterocycles. The maximum Gasteiger partial charge on any atom is 0.120 e. The van der Waals surface area contributed by atoms with E-state index in [9.17, 15) is 0 Å². The van der Waals surface area contributed by atoms with Crippen molar-refractivity contribution in [2.24, 2.45) is 7.05 Å². The van der Waals surface area contributed by atoms with Gasteiger partial charge in [0, 0.05) is 29.7 Å². The number of rotatable bonds is 3. The Morgan fingerprint density at radius 1 is 1.42 bits per heavy atom. The van der Waals surface area contributed by atoms with Crippen LogP contribution in [0.4, 0.5) is 0 Å². The Morgan fingerprint density at radius 3 is 3.00 bits per heavy atom. The molecule has 1 N–H and O–H groups in total. The SMILES string of the molecule is CCOc1ccc2c(c1)c1c(n2C)C(NC)CCC1. The standard InChI is InChI=1S/C16H22N2O/c1-4-19-11-8-9-15-13(10-11)12-6-5-7-14(17-2)16(12)18(15)3/h8-10,14,17H,4-7H2,1-3H3. The van der Waals surface area contributed by atoms with E-state index >= 15 is 0 Å². The van der Waals surface area contributed by atoms with Crippen molar-refractivity contribution in [3.05, 3.63) is 29.5 Å². The first-order chi connectivity index (χ1) is 9.26. The van der Waals surface area contributed by atoms with Gasteiger partial charge in [0.1, 0.15) is 5.75 Å². The van der Waals surface area contributed by atoms with Crippen molar-refractivity contribution in [2.75, 3.05) is 13.7 Å². The van der Waals surface area contributed by atoms with Crippen molar-refractivity contribution in [3.8, 4) is 5.75 Å². The fraction of sp³-hybridized carbons (Fsp3) is 0.500. The molecule has 0 fully saturated rings. The van der Waals surface area contributed by atoms with Gasteiger partial charge in [-0.2, -0.15) is 0 Å². The van der Waals surface area contributed by atoms with Gasteiger partial charge in [-0.05, 0) is 57.0 Å². The maximum atomic E-state index is 5.64. The molecule has 1 unspecified atom stereocenters. The Labute approximate surface area is 114 Å². The van der Waals surface area contributed by atoms with E-state index < -0.39 is 0 Å². The molecule has 0 saturated carbocycles. The summed E-state index contributed by atoms with van der Waals surface area (Å²) in [4.78, 5) is 0. The Balaban J connectivity index is 2.20. The highest BCUT2D eigenvalue weighted by atomic mass is 16.5. The third-order valence-electron chi connectivity index (χ3n) is 4.23. The van der Waals surface area contributed by atoms with Crippen LogP contribution >= 0.6 is 0 Å². The molecular formula is C16H22N2O. The average molecular weight is 258 g/mol. The normalized spacial score (nSPS) is 18.6. The van der Waals surface area contributed by atoms with Crippen LogP contribution in [0, 0.1) is 0 Å². The lowest BCUT2D eigenvalue weighted by Gasteiger charge is -2.24. The molecule has 2 aromatic rings. The Hall–Kier alpha value is -1.48. The van der Waals surface area contributed by atoms with Crippen molar-refractivity contribution in [1.29, 1.82) is 0 Å². The third-order valence-corrected chi connectivity index (χ3v) is 4.23. The van der Waals surface area contributed by atoms with Crippen molar-refractivity contribution in [1.82, 2.24) is 9.88 Å². The highest BCUT2D eigenvalue weighted by molar-refractivity contribution is 5.87. The molecule has 19 heavy (non-hydrogen) atoms. The molecule has 3 rings (SSSR count). The van der Waals surface area contributed by atoms with E-state index in [0.717, 1.165) is 12.4 Å². The van der Waals surface area contributed by atoms with Crippen LogP contribution in [0.5, 0.6) is 5.75 Å². The highest BCUT2D eigenvalue weighted by Gasteiger charge is 2.25. The van der Waals surface area contributed by atoms with Crippen LogP contribution in [-0.4, -0.2) is 18.2 Å². The first kappa shape index (κ1) is 12.5. The average Bonchev–Trinajstić information content (AvgIpc) is 2.73. The predicted molar refractivity (Wildman–Crippen MR) is 78.8 cm³/mol. The topological polar surface area (TPSA) is 26.2 Å². The second-order valence-corrected chi connectivity index (χ2v) is 5.27. The first-order valence-corrected chi connectivity index (χ1v) is 7.17. The van der Waals surface area contributed by atoms with Crippen LogP contribution in [0.15, 0.2) is 18.2 Å². The number of nitrogens with zero attached hydrogens (tertiary/aromatic N) is 1. The van der Waals surface area contributed by atoms with Gasteiger partial charge in [0.15, 0.2) is 0 Å². The second kappa shape index (κ2) is 4.89. The first-order valence-electron chi connectivity index (χ1n) is 7.17. The van der Waals surface area contributed by atoms with Crippen LogP contribution in [0.25, 0.3) is 10.9 Å². The lowest BCUT2D eigenvalue weighted by atomic mass is 9.91. The highest BCUT2D eigenvalue weighted by Crippen LogP contribution is 2.37. The third kappa shape index (κ3) is 1.93. The Bertz CT molecular complexity index is 600. The summed E-state index contributed by atoms with van der Waals surface area (Å²) >= 11 is 0. The minimum absolute atomic E-state index is 0.483. The van der Waals surface area contributed by atoms with Crippen molar-refractivity contribution in [2.45, 2.75) is 32.2 Å². The fourth-order valence-corrected chi connectivity index (χ4v) is 3.38. The molecule has 1 aromatic carbocycles. The fourth-order valence-electron chi connectivity index (χ4n) is 3.38. The summed E-state index contributed by atoms with van der Waals surface area (Å²) in [6, 6.07) is 6.95. The van der Waals surface area contributed by atoms with Crippen LogP contribution in [-0.2, 0) is 13.5 Å². The number of aryl methyl sites for hydroxylation is 2. The zero-order valence-electron chi connectivity index (χ0n) is 12.0. The van der Waals surface area contributed by atoms with E-state index in [1.165, 1.54) is 41.4 Å². The van der Waals surface area contributed by atoms with Crippen LogP contribution in [0.1, 0.15) is 37.1 Å². The molecule has 0 bridgehead atoms. The van der Waals surface area contributed by atoms with E-state index in [1.807, 2.05) is 6.92 Å². The van der Waals surface area contributed by atoms with E-state index in [2.05, 4.69) is 42.2 Å². The molecule has 102 valence electrons. The molecule has 1 aliphatic carbocycles. The van der Waals surface area contributed by atoms with Crippen molar-refractivity contribution in [3.63, 3.8) is 0 Å². The Morgan fingerprint density at radius 2 is 2.26 bits per heavy atom. The van der Waals surface area contributed by atoms with E-state index in [-0.39, 0.29) is 0 Å². The summed E-state index contributed by atoms with van der Waals surface area (Å²) in [7, 11) is 4.24. The van der Waals surface area contributed by atoms with E-state index in [0.29, 0.717) is 6.04 Å². The van der Waals surface area contributed by atoms with Crippen LogP contribution < -0.4 is 10.1 Å². The van der Waals surface area contributed by atoms with Gasteiger partial charge >= 0.3 is 0 Å². The van der Waals surface area contributed by atoms with Gasteiger partial charge in [-0.15, -0.1) is 0 Å². The number of ether oxygens (including phenoxy) is 1. The number of nitrogens with one attached hydrogen (secondary N) is 1.